The Morgan fingerprint density at radius 3 is 2.50 bits per heavy atom. The number of aryl methyl sites for hydroxylation is 2. The van der Waals surface area contributed by atoms with E-state index in [-0.39, 0.29) is 0 Å². The Labute approximate surface area is 132 Å². The molecule has 0 aliphatic heterocycles. The summed E-state index contributed by atoms with van der Waals surface area (Å²) in [6.07, 6.45) is 1.73. The van der Waals surface area contributed by atoms with Gasteiger partial charge in [0.2, 0.25) is 5.88 Å². The number of pyridine rings is 1. The highest BCUT2D eigenvalue weighted by Crippen LogP contribution is 2.32. The molecule has 2 rings (SSSR count). The molecular weight excluding hydrogens is 340 g/mol. The summed E-state index contributed by atoms with van der Waals surface area (Å²) in [6.45, 7) is 4.64. The van der Waals surface area contributed by atoms with Crippen molar-refractivity contribution in [3.8, 4) is 11.6 Å². The summed E-state index contributed by atoms with van der Waals surface area (Å²) >= 11 is 9.47. The number of nitrogens with zero attached hydrogens (tertiary/aromatic N) is 1. The number of aromatic nitrogens is 1. The molecule has 1 aromatic heterocycles. The van der Waals surface area contributed by atoms with Gasteiger partial charge in [-0.25, -0.2) is 4.98 Å². The maximum absolute atomic E-state index is 6.04. The number of hydrogen-bond donors (Lipinski definition) is 1. The van der Waals surface area contributed by atoms with Crippen molar-refractivity contribution < 1.29 is 4.74 Å². The van der Waals surface area contributed by atoms with Crippen LogP contribution in [0.1, 0.15) is 16.7 Å². The van der Waals surface area contributed by atoms with Crippen LogP contribution in [0.5, 0.6) is 11.6 Å². The van der Waals surface area contributed by atoms with Crippen LogP contribution in [0.25, 0.3) is 0 Å². The summed E-state index contributed by atoms with van der Waals surface area (Å²) in [4.78, 5) is 4.35. The molecule has 0 fully saturated rings. The van der Waals surface area contributed by atoms with Crippen molar-refractivity contribution in [1.82, 2.24) is 10.3 Å². The molecule has 5 heteroatoms. The highest BCUT2D eigenvalue weighted by Gasteiger charge is 2.11. The average Bonchev–Trinajstić information content (AvgIpc) is 2.36. The molecule has 0 saturated carbocycles. The zero-order valence-electron chi connectivity index (χ0n) is 11.6. The fourth-order valence-electron chi connectivity index (χ4n) is 2.03. The molecular formula is C15H16BrClN2O. The van der Waals surface area contributed by atoms with Gasteiger partial charge in [0.25, 0.3) is 0 Å². The third-order valence-electron chi connectivity index (χ3n) is 2.88. The van der Waals surface area contributed by atoms with Gasteiger partial charge in [-0.1, -0.05) is 11.6 Å². The van der Waals surface area contributed by atoms with Gasteiger partial charge >= 0.3 is 0 Å². The SMILES string of the molecule is CNCc1cc(Br)cnc1Oc1c(C)cc(Cl)cc1C. The molecule has 0 saturated heterocycles. The first-order valence-electron chi connectivity index (χ1n) is 6.25. The lowest BCUT2D eigenvalue weighted by molar-refractivity contribution is 0.447. The Hall–Kier alpha value is -1.10. The molecule has 2 aromatic rings. The minimum atomic E-state index is 0.607. The predicted molar refractivity (Wildman–Crippen MR) is 85.7 cm³/mol. The molecule has 0 atom stereocenters. The lowest BCUT2D eigenvalue weighted by Gasteiger charge is -2.14. The zero-order chi connectivity index (χ0) is 14.7. The number of nitrogens with one attached hydrogen (secondary N) is 1. The van der Waals surface area contributed by atoms with Crippen LogP contribution in [-0.2, 0) is 6.54 Å². The molecule has 0 aliphatic carbocycles. The Bertz CT molecular complexity index is 608. The maximum Gasteiger partial charge on any atom is 0.223 e. The summed E-state index contributed by atoms with van der Waals surface area (Å²) in [5.74, 6) is 1.41. The second-order valence-corrected chi connectivity index (χ2v) is 5.97. The van der Waals surface area contributed by atoms with Gasteiger partial charge < -0.3 is 10.1 Å². The fourth-order valence-corrected chi connectivity index (χ4v) is 2.74. The van der Waals surface area contributed by atoms with Crippen molar-refractivity contribution in [2.75, 3.05) is 7.05 Å². The molecule has 1 heterocycles. The van der Waals surface area contributed by atoms with Crippen LogP contribution in [0, 0.1) is 13.8 Å². The average molecular weight is 356 g/mol. The molecule has 0 aliphatic rings. The summed E-state index contributed by atoms with van der Waals surface area (Å²) in [5, 5.41) is 3.83. The van der Waals surface area contributed by atoms with Crippen LogP contribution in [0.4, 0.5) is 0 Å². The van der Waals surface area contributed by atoms with Crippen LogP contribution in [0.15, 0.2) is 28.9 Å². The van der Waals surface area contributed by atoms with E-state index in [1.54, 1.807) is 6.20 Å². The van der Waals surface area contributed by atoms with Crippen molar-refractivity contribution >= 4 is 27.5 Å². The zero-order valence-corrected chi connectivity index (χ0v) is 14.0. The highest BCUT2D eigenvalue weighted by molar-refractivity contribution is 9.10. The first-order valence-corrected chi connectivity index (χ1v) is 7.42. The Morgan fingerprint density at radius 2 is 1.90 bits per heavy atom. The molecule has 0 unspecified atom stereocenters. The largest absolute Gasteiger partial charge is 0.438 e. The van der Waals surface area contributed by atoms with Gasteiger partial charge in [0.05, 0.1) is 0 Å². The second kappa shape index (κ2) is 6.57. The first-order chi connectivity index (χ1) is 9.51. The summed E-state index contributed by atoms with van der Waals surface area (Å²) in [7, 11) is 1.89. The van der Waals surface area contributed by atoms with Crippen molar-refractivity contribution in [2.45, 2.75) is 20.4 Å². The van der Waals surface area contributed by atoms with Crippen LogP contribution in [0.3, 0.4) is 0 Å². The molecule has 0 radical (unpaired) electrons. The summed E-state index contributed by atoms with van der Waals surface area (Å²) < 4.78 is 6.93. The van der Waals surface area contributed by atoms with E-state index >= 15 is 0 Å². The molecule has 1 aromatic carbocycles. The number of hydrogen-bond acceptors (Lipinski definition) is 3. The van der Waals surface area contributed by atoms with Crippen molar-refractivity contribution in [1.29, 1.82) is 0 Å². The molecule has 20 heavy (non-hydrogen) atoms. The smallest absolute Gasteiger partial charge is 0.223 e. The molecule has 0 spiro atoms. The second-order valence-electron chi connectivity index (χ2n) is 4.62. The Balaban J connectivity index is 2.40. The van der Waals surface area contributed by atoms with Crippen LogP contribution in [0.2, 0.25) is 5.02 Å². The van der Waals surface area contributed by atoms with E-state index in [4.69, 9.17) is 16.3 Å². The molecule has 0 amide bonds. The summed E-state index contributed by atoms with van der Waals surface area (Å²) in [5.41, 5.74) is 2.99. The van der Waals surface area contributed by atoms with Gasteiger partial charge in [0.1, 0.15) is 5.75 Å². The highest BCUT2D eigenvalue weighted by atomic mass is 79.9. The van der Waals surface area contributed by atoms with E-state index in [1.165, 1.54) is 0 Å². The standard InChI is InChI=1S/C15H16BrClN2O/c1-9-4-13(17)5-10(2)14(9)20-15-11(7-18-3)6-12(16)8-19-15/h4-6,8,18H,7H2,1-3H3. The normalized spacial score (nSPS) is 10.7. The molecule has 106 valence electrons. The Kier molecular flexibility index (Phi) is 5.02. The minimum absolute atomic E-state index is 0.607. The van der Waals surface area contributed by atoms with Crippen molar-refractivity contribution in [3.63, 3.8) is 0 Å². The number of benzene rings is 1. The number of rotatable bonds is 4. The van der Waals surface area contributed by atoms with E-state index in [1.807, 2.05) is 39.1 Å². The summed E-state index contributed by atoms with van der Waals surface area (Å²) in [6, 6.07) is 5.78. The van der Waals surface area contributed by atoms with Crippen molar-refractivity contribution in [2.24, 2.45) is 0 Å². The van der Waals surface area contributed by atoms with Crippen LogP contribution >= 0.6 is 27.5 Å². The van der Waals surface area contributed by atoms with E-state index < -0.39 is 0 Å². The third kappa shape index (κ3) is 3.51. The van der Waals surface area contributed by atoms with Gasteiger partial charge in [-0.15, -0.1) is 0 Å². The lowest BCUT2D eigenvalue weighted by atomic mass is 10.1. The van der Waals surface area contributed by atoms with Gasteiger partial charge in [-0.05, 0) is 66.2 Å². The van der Waals surface area contributed by atoms with E-state index in [2.05, 4.69) is 26.2 Å². The Morgan fingerprint density at radius 1 is 1.25 bits per heavy atom. The van der Waals surface area contributed by atoms with Crippen LogP contribution < -0.4 is 10.1 Å². The third-order valence-corrected chi connectivity index (χ3v) is 3.53. The van der Waals surface area contributed by atoms with Gasteiger partial charge in [0.15, 0.2) is 0 Å². The molecule has 0 bridgehead atoms. The number of ether oxygens (including phenoxy) is 1. The van der Waals surface area contributed by atoms with Crippen molar-refractivity contribution in [3.05, 3.63) is 50.6 Å². The van der Waals surface area contributed by atoms with E-state index in [9.17, 15) is 0 Å². The minimum Gasteiger partial charge on any atom is -0.438 e. The van der Waals surface area contributed by atoms with Gasteiger partial charge in [-0.2, -0.15) is 0 Å². The van der Waals surface area contributed by atoms with E-state index in [0.717, 1.165) is 26.9 Å². The quantitative estimate of drug-likeness (QED) is 0.868. The monoisotopic (exact) mass is 354 g/mol. The van der Waals surface area contributed by atoms with Crippen LogP contribution in [-0.4, -0.2) is 12.0 Å². The first kappa shape index (κ1) is 15.3. The fraction of sp³-hybridized carbons (Fsp3) is 0.267. The lowest BCUT2D eigenvalue weighted by Crippen LogP contribution is -2.07. The maximum atomic E-state index is 6.04. The van der Waals surface area contributed by atoms with E-state index in [0.29, 0.717) is 17.4 Å². The van der Waals surface area contributed by atoms with Gasteiger partial charge in [-0.3, -0.25) is 0 Å². The number of halogens is 2. The predicted octanol–water partition coefficient (Wildman–Crippen LogP) is 4.63. The topological polar surface area (TPSA) is 34.2 Å². The van der Waals surface area contributed by atoms with Gasteiger partial charge in [0, 0.05) is 27.8 Å². The molecule has 1 N–H and O–H groups in total. The molecule has 3 nitrogen and oxygen atoms in total.